The summed E-state index contributed by atoms with van der Waals surface area (Å²) < 4.78 is 53.9. The Kier molecular flexibility index (Phi) is 5.13. The van der Waals surface area contributed by atoms with Crippen LogP contribution in [0.15, 0.2) is 43.0 Å². The lowest BCUT2D eigenvalue weighted by atomic mass is 9.93. The maximum absolute atomic E-state index is 14.6. The van der Waals surface area contributed by atoms with Gasteiger partial charge in [-0.1, -0.05) is 18.2 Å². The van der Waals surface area contributed by atoms with Gasteiger partial charge in [-0.2, -0.15) is 0 Å². The van der Waals surface area contributed by atoms with Crippen molar-refractivity contribution >= 4 is 0 Å². The first-order valence-electron chi connectivity index (χ1n) is 8.11. The van der Waals surface area contributed by atoms with Crippen LogP contribution < -0.4 is 4.74 Å². The van der Waals surface area contributed by atoms with Gasteiger partial charge in [-0.05, 0) is 25.0 Å². The zero-order valence-electron chi connectivity index (χ0n) is 13.9. The lowest BCUT2D eigenvalue weighted by Crippen LogP contribution is -2.20. The minimum atomic E-state index is -1.07. The molecule has 2 nitrogen and oxygen atoms in total. The molecule has 1 aliphatic heterocycles. The Balaban J connectivity index is 1.92. The summed E-state index contributed by atoms with van der Waals surface area (Å²) in [6.45, 7) is 4.16. The van der Waals surface area contributed by atoms with Crippen LogP contribution in [0.1, 0.15) is 24.5 Å². The number of benzene rings is 2. The van der Waals surface area contributed by atoms with Crippen molar-refractivity contribution in [1.29, 1.82) is 0 Å². The first kappa shape index (κ1) is 17.5. The quantitative estimate of drug-likeness (QED) is 0.686. The van der Waals surface area contributed by atoms with E-state index in [-0.39, 0.29) is 22.6 Å². The van der Waals surface area contributed by atoms with E-state index in [2.05, 4.69) is 6.58 Å². The van der Waals surface area contributed by atoms with Crippen LogP contribution in [0, 0.1) is 23.4 Å². The van der Waals surface area contributed by atoms with Crippen LogP contribution in [0.3, 0.4) is 0 Å². The molecule has 0 spiro atoms. The monoisotopic (exact) mass is 348 g/mol. The number of methoxy groups -OCH3 is 1. The Bertz CT molecular complexity index is 781. The highest BCUT2D eigenvalue weighted by atomic mass is 19.2. The molecule has 2 unspecified atom stereocenters. The smallest absolute Gasteiger partial charge is 0.167 e. The van der Waals surface area contributed by atoms with Gasteiger partial charge in [-0.25, -0.2) is 13.2 Å². The van der Waals surface area contributed by atoms with E-state index in [9.17, 15) is 13.2 Å². The molecule has 5 heteroatoms. The summed E-state index contributed by atoms with van der Waals surface area (Å²) in [6, 6.07) is 6.87. The second-order valence-corrected chi connectivity index (χ2v) is 6.07. The number of hydrogen-bond acceptors (Lipinski definition) is 2. The van der Waals surface area contributed by atoms with E-state index in [1.165, 1.54) is 31.4 Å². The summed E-state index contributed by atoms with van der Waals surface area (Å²) in [4.78, 5) is 0. The van der Waals surface area contributed by atoms with Crippen molar-refractivity contribution in [3.63, 3.8) is 0 Å². The fraction of sp³-hybridized carbons (Fsp3) is 0.300. The summed E-state index contributed by atoms with van der Waals surface area (Å²) in [5.41, 5.74) is 0.0268. The number of halogens is 3. The van der Waals surface area contributed by atoms with Crippen LogP contribution >= 0.6 is 0 Å². The molecule has 0 aromatic heterocycles. The van der Waals surface area contributed by atoms with Gasteiger partial charge < -0.3 is 9.47 Å². The Morgan fingerprint density at radius 3 is 2.44 bits per heavy atom. The Labute approximate surface area is 144 Å². The summed E-state index contributed by atoms with van der Waals surface area (Å²) in [5.74, 6) is -2.19. The van der Waals surface area contributed by atoms with Crippen molar-refractivity contribution in [2.75, 3.05) is 13.7 Å². The fourth-order valence-electron chi connectivity index (χ4n) is 3.07. The third-order valence-corrected chi connectivity index (χ3v) is 4.57. The van der Waals surface area contributed by atoms with Crippen LogP contribution in [0.4, 0.5) is 13.2 Å². The summed E-state index contributed by atoms with van der Waals surface area (Å²) in [7, 11) is 1.41. The molecule has 0 bridgehead atoms. The molecule has 0 saturated carbocycles. The molecule has 0 radical (unpaired) electrons. The molecular weight excluding hydrogens is 329 g/mol. The average molecular weight is 348 g/mol. The molecule has 1 saturated heterocycles. The topological polar surface area (TPSA) is 18.5 Å². The Morgan fingerprint density at radius 2 is 1.84 bits per heavy atom. The first-order chi connectivity index (χ1) is 12.0. The van der Waals surface area contributed by atoms with Gasteiger partial charge in [0, 0.05) is 28.7 Å². The van der Waals surface area contributed by atoms with Crippen molar-refractivity contribution in [3.05, 3.63) is 66.0 Å². The minimum Gasteiger partial charge on any atom is -0.497 e. The van der Waals surface area contributed by atoms with Gasteiger partial charge in [-0.3, -0.25) is 0 Å². The maximum Gasteiger partial charge on any atom is 0.167 e. The van der Waals surface area contributed by atoms with E-state index in [0.29, 0.717) is 18.8 Å². The van der Waals surface area contributed by atoms with Crippen molar-refractivity contribution in [3.8, 4) is 16.9 Å². The molecular formula is C20H19F3O2. The number of hydrogen-bond donors (Lipinski definition) is 0. The average Bonchev–Trinajstić information content (AvgIpc) is 2.64. The highest BCUT2D eigenvalue weighted by molar-refractivity contribution is 5.66. The molecule has 0 aliphatic carbocycles. The Morgan fingerprint density at radius 1 is 1.08 bits per heavy atom. The molecule has 1 heterocycles. The number of ether oxygens (including phenoxy) is 2. The summed E-state index contributed by atoms with van der Waals surface area (Å²) in [6.07, 6.45) is 2.70. The summed E-state index contributed by atoms with van der Waals surface area (Å²) in [5, 5.41) is 0. The third kappa shape index (κ3) is 3.42. The molecule has 3 rings (SSSR count). The first-order valence-corrected chi connectivity index (χ1v) is 8.11. The van der Waals surface area contributed by atoms with E-state index in [1.54, 1.807) is 0 Å². The van der Waals surface area contributed by atoms with Crippen molar-refractivity contribution in [2.24, 2.45) is 5.92 Å². The second-order valence-electron chi connectivity index (χ2n) is 6.07. The molecule has 2 aromatic carbocycles. The fourth-order valence-corrected chi connectivity index (χ4v) is 3.07. The van der Waals surface area contributed by atoms with E-state index in [0.717, 1.165) is 12.5 Å². The van der Waals surface area contributed by atoms with Gasteiger partial charge in [0.25, 0.3) is 0 Å². The lowest BCUT2D eigenvalue weighted by Gasteiger charge is -2.28. The van der Waals surface area contributed by atoms with E-state index in [4.69, 9.17) is 9.47 Å². The molecule has 0 amide bonds. The second kappa shape index (κ2) is 7.31. The highest BCUT2D eigenvalue weighted by Gasteiger charge is 2.26. The van der Waals surface area contributed by atoms with E-state index in [1.807, 2.05) is 6.08 Å². The van der Waals surface area contributed by atoms with Crippen molar-refractivity contribution in [1.82, 2.24) is 0 Å². The number of rotatable bonds is 4. The zero-order chi connectivity index (χ0) is 18.0. The van der Waals surface area contributed by atoms with Gasteiger partial charge in [0.1, 0.15) is 11.6 Å². The molecule has 2 aromatic rings. The largest absolute Gasteiger partial charge is 0.497 e. The van der Waals surface area contributed by atoms with Gasteiger partial charge in [0.05, 0.1) is 19.8 Å². The van der Waals surface area contributed by atoms with E-state index < -0.39 is 23.6 Å². The van der Waals surface area contributed by atoms with Gasteiger partial charge in [0.2, 0.25) is 0 Å². The molecule has 1 aliphatic rings. The van der Waals surface area contributed by atoms with Crippen molar-refractivity contribution < 1.29 is 22.6 Å². The predicted molar refractivity (Wildman–Crippen MR) is 89.9 cm³/mol. The maximum atomic E-state index is 14.6. The van der Waals surface area contributed by atoms with Crippen LogP contribution in [0.5, 0.6) is 5.75 Å². The normalized spacial score (nSPS) is 20.3. The molecule has 25 heavy (non-hydrogen) atoms. The molecule has 0 N–H and O–H groups in total. The zero-order valence-corrected chi connectivity index (χ0v) is 13.9. The standard InChI is InChI=1S/C20H19F3O2/c1-3-12-4-9-18(25-11-12)16-8-7-15(19(22)20(16)23)14-6-5-13(24-2)10-17(14)21/h3,5-8,10,12,18H,1,4,9,11H2,2H3. The highest BCUT2D eigenvalue weighted by Crippen LogP contribution is 2.36. The SMILES string of the molecule is C=CC1CCC(c2ccc(-c3ccc(OC)cc3F)c(F)c2F)OC1. The molecule has 1 fully saturated rings. The van der Waals surface area contributed by atoms with E-state index >= 15 is 0 Å². The lowest BCUT2D eigenvalue weighted by molar-refractivity contribution is -0.00732. The van der Waals surface area contributed by atoms with Crippen LogP contribution in [-0.4, -0.2) is 13.7 Å². The van der Waals surface area contributed by atoms with Crippen molar-refractivity contribution in [2.45, 2.75) is 18.9 Å². The Hall–Kier alpha value is -2.27. The van der Waals surface area contributed by atoms with Crippen LogP contribution in [0.25, 0.3) is 11.1 Å². The minimum absolute atomic E-state index is 0.0139. The van der Waals surface area contributed by atoms with Gasteiger partial charge in [0.15, 0.2) is 11.6 Å². The van der Waals surface area contributed by atoms with Crippen LogP contribution in [-0.2, 0) is 4.74 Å². The molecule has 132 valence electrons. The predicted octanol–water partition coefficient (Wildman–Crippen LogP) is 5.43. The third-order valence-electron chi connectivity index (χ3n) is 4.57. The van der Waals surface area contributed by atoms with Gasteiger partial charge >= 0.3 is 0 Å². The van der Waals surface area contributed by atoms with Gasteiger partial charge in [-0.15, -0.1) is 6.58 Å². The molecule has 2 atom stereocenters. The van der Waals surface area contributed by atoms with Crippen LogP contribution in [0.2, 0.25) is 0 Å². The summed E-state index contributed by atoms with van der Waals surface area (Å²) >= 11 is 0.